The molecule has 0 unspecified atom stereocenters. The number of carbonyl (C=O) groups excluding carboxylic acids is 3. The average molecular weight is 506 g/mol. The van der Waals surface area contributed by atoms with Crippen molar-refractivity contribution in [3.8, 4) is 0 Å². The van der Waals surface area contributed by atoms with Gasteiger partial charge in [-0.15, -0.1) is 11.3 Å². The Balaban J connectivity index is 1.52. The van der Waals surface area contributed by atoms with Crippen molar-refractivity contribution in [2.45, 2.75) is 27.0 Å². The fourth-order valence-corrected chi connectivity index (χ4v) is 4.61. The highest BCUT2D eigenvalue weighted by Crippen LogP contribution is 2.27. The van der Waals surface area contributed by atoms with Gasteiger partial charge in [0.25, 0.3) is 5.56 Å². The Morgan fingerprint density at radius 1 is 1.00 bits per heavy atom. The number of hydrogen-bond donors (Lipinski definition) is 1. The molecule has 184 valence electrons. The van der Waals surface area contributed by atoms with Crippen LogP contribution >= 0.6 is 11.3 Å². The highest BCUT2D eigenvalue weighted by atomic mass is 32.1. The van der Waals surface area contributed by atoms with E-state index in [0.717, 1.165) is 21.5 Å². The third-order valence-corrected chi connectivity index (χ3v) is 6.51. The molecule has 9 nitrogen and oxygen atoms in total. The van der Waals surface area contributed by atoms with Crippen LogP contribution in [-0.4, -0.2) is 34.0 Å². The summed E-state index contributed by atoms with van der Waals surface area (Å²) < 4.78 is 11.6. The number of thiophene rings is 1. The van der Waals surface area contributed by atoms with E-state index in [1.54, 1.807) is 38.1 Å². The molecule has 10 heteroatoms. The van der Waals surface area contributed by atoms with Crippen LogP contribution in [0, 0.1) is 6.92 Å². The van der Waals surface area contributed by atoms with Gasteiger partial charge in [-0.25, -0.2) is 14.6 Å². The normalized spacial score (nSPS) is 10.7. The van der Waals surface area contributed by atoms with E-state index in [1.807, 2.05) is 30.3 Å². The molecule has 0 bridgehead atoms. The summed E-state index contributed by atoms with van der Waals surface area (Å²) in [6.45, 7) is 3.32. The molecule has 4 aromatic rings. The smallest absolute Gasteiger partial charge is 0.349 e. The van der Waals surface area contributed by atoms with E-state index in [9.17, 15) is 19.2 Å². The maximum absolute atomic E-state index is 13.1. The summed E-state index contributed by atoms with van der Waals surface area (Å²) in [6, 6.07) is 15.7. The SMILES string of the molecule is CCOC(=O)c1ccccc1NC(=O)Cn1cnc2sc(C(=O)OCc3ccccc3)c(C)c2c1=O. The van der Waals surface area contributed by atoms with Crippen LogP contribution in [0.5, 0.6) is 0 Å². The number of rotatable bonds is 8. The predicted molar refractivity (Wildman–Crippen MR) is 135 cm³/mol. The van der Waals surface area contributed by atoms with E-state index in [0.29, 0.717) is 10.4 Å². The van der Waals surface area contributed by atoms with Gasteiger partial charge in [-0.05, 0) is 37.1 Å². The number of aryl methyl sites for hydroxylation is 1. The summed E-state index contributed by atoms with van der Waals surface area (Å²) in [5, 5.41) is 2.90. The first kappa shape index (κ1) is 24.8. The second-order valence-electron chi connectivity index (χ2n) is 7.79. The van der Waals surface area contributed by atoms with Gasteiger partial charge in [0.2, 0.25) is 5.91 Å². The number of para-hydroxylation sites is 1. The summed E-state index contributed by atoms with van der Waals surface area (Å²) in [6.07, 6.45) is 1.26. The summed E-state index contributed by atoms with van der Waals surface area (Å²) in [7, 11) is 0. The molecule has 0 saturated carbocycles. The molecule has 4 rings (SSSR count). The number of amides is 1. The van der Waals surface area contributed by atoms with Crippen molar-refractivity contribution < 1.29 is 23.9 Å². The van der Waals surface area contributed by atoms with E-state index < -0.39 is 23.4 Å². The van der Waals surface area contributed by atoms with Gasteiger partial charge in [0.15, 0.2) is 0 Å². The third-order valence-electron chi connectivity index (χ3n) is 5.33. The number of esters is 2. The fourth-order valence-electron chi connectivity index (χ4n) is 3.58. The lowest BCUT2D eigenvalue weighted by Gasteiger charge is -2.11. The number of aromatic nitrogens is 2. The largest absolute Gasteiger partial charge is 0.462 e. The highest BCUT2D eigenvalue weighted by Gasteiger charge is 2.21. The van der Waals surface area contributed by atoms with Crippen molar-refractivity contribution in [3.63, 3.8) is 0 Å². The first-order chi connectivity index (χ1) is 17.4. The Kier molecular flexibility index (Phi) is 7.55. The molecule has 2 heterocycles. The quantitative estimate of drug-likeness (QED) is 0.361. The van der Waals surface area contributed by atoms with E-state index in [-0.39, 0.29) is 41.3 Å². The summed E-state index contributed by atoms with van der Waals surface area (Å²) in [4.78, 5) is 55.6. The van der Waals surface area contributed by atoms with Gasteiger partial charge >= 0.3 is 11.9 Å². The van der Waals surface area contributed by atoms with Crippen LogP contribution in [0.4, 0.5) is 5.69 Å². The summed E-state index contributed by atoms with van der Waals surface area (Å²) >= 11 is 1.07. The number of ether oxygens (including phenoxy) is 2. The second-order valence-corrected chi connectivity index (χ2v) is 8.79. The van der Waals surface area contributed by atoms with Crippen molar-refractivity contribution in [3.05, 3.63) is 92.8 Å². The molecule has 0 radical (unpaired) electrons. The minimum atomic E-state index is -0.561. The van der Waals surface area contributed by atoms with E-state index >= 15 is 0 Å². The van der Waals surface area contributed by atoms with Crippen molar-refractivity contribution in [2.24, 2.45) is 0 Å². The van der Waals surface area contributed by atoms with Crippen molar-refractivity contribution >= 4 is 45.1 Å². The highest BCUT2D eigenvalue weighted by molar-refractivity contribution is 7.20. The zero-order chi connectivity index (χ0) is 25.7. The molecular formula is C26H23N3O6S. The molecule has 2 aromatic heterocycles. The van der Waals surface area contributed by atoms with Gasteiger partial charge in [0, 0.05) is 0 Å². The first-order valence-electron chi connectivity index (χ1n) is 11.1. The van der Waals surface area contributed by atoms with Gasteiger partial charge in [0.1, 0.15) is 22.9 Å². The van der Waals surface area contributed by atoms with Crippen LogP contribution in [0.2, 0.25) is 0 Å². The fraction of sp³-hybridized carbons (Fsp3) is 0.192. The number of nitrogens with zero attached hydrogens (tertiary/aromatic N) is 2. The topological polar surface area (TPSA) is 117 Å². The van der Waals surface area contributed by atoms with E-state index in [4.69, 9.17) is 9.47 Å². The number of anilines is 1. The van der Waals surface area contributed by atoms with Crippen LogP contribution in [0.15, 0.2) is 65.7 Å². The molecule has 0 atom stereocenters. The van der Waals surface area contributed by atoms with Gasteiger partial charge in [-0.3, -0.25) is 14.2 Å². The second kappa shape index (κ2) is 11.0. The number of fused-ring (bicyclic) bond motifs is 1. The number of hydrogen-bond acceptors (Lipinski definition) is 8. The van der Waals surface area contributed by atoms with E-state index in [1.165, 1.54) is 6.33 Å². The lowest BCUT2D eigenvalue weighted by atomic mass is 10.2. The van der Waals surface area contributed by atoms with Crippen LogP contribution in [0.3, 0.4) is 0 Å². The Labute approximate surface area is 210 Å². The standard InChI is InChI=1S/C26H23N3O6S/c1-3-34-25(32)18-11-7-8-12-19(18)28-20(30)13-29-15-27-23-21(24(29)31)16(2)22(36-23)26(33)35-14-17-9-5-4-6-10-17/h4-12,15H,3,13-14H2,1-2H3,(H,28,30). The van der Waals surface area contributed by atoms with Crippen LogP contribution < -0.4 is 10.9 Å². The van der Waals surface area contributed by atoms with Crippen LogP contribution in [-0.2, 0) is 27.4 Å². The van der Waals surface area contributed by atoms with Gasteiger partial charge in [0.05, 0.1) is 29.6 Å². The molecular weight excluding hydrogens is 482 g/mol. The third kappa shape index (κ3) is 5.33. The Morgan fingerprint density at radius 3 is 2.47 bits per heavy atom. The van der Waals surface area contributed by atoms with Crippen molar-refractivity contribution in [1.29, 1.82) is 0 Å². The molecule has 0 aliphatic carbocycles. The molecule has 0 aliphatic rings. The van der Waals surface area contributed by atoms with E-state index in [2.05, 4.69) is 10.3 Å². The molecule has 1 amide bonds. The first-order valence-corrected chi connectivity index (χ1v) is 12.0. The number of benzene rings is 2. The Bertz CT molecular complexity index is 1490. The van der Waals surface area contributed by atoms with Gasteiger partial charge < -0.3 is 14.8 Å². The maximum atomic E-state index is 13.1. The molecule has 0 saturated heterocycles. The monoisotopic (exact) mass is 505 g/mol. The molecule has 0 spiro atoms. The number of nitrogens with one attached hydrogen (secondary N) is 1. The molecule has 0 aliphatic heterocycles. The van der Waals surface area contributed by atoms with Crippen LogP contribution in [0.25, 0.3) is 10.2 Å². The van der Waals surface area contributed by atoms with Gasteiger partial charge in [-0.1, -0.05) is 42.5 Å². The molecule has 2 aromatic carbocycles. The minimum absolute atomic E-state index is 0.110. The summed E-state index contributed by atoms with van der Waals surface area (Å²) in [5.74, 6) is -1.63. The summed E-state index contributed by atoms with van der Waals surface area (Å²) in [5.41, 5.74) is 1.33. The Morgan fingerprint density at radius 2 is 1.72 bits per heavy atom. The minimum Gasteiger partial charge on any atom is -0.462 e. The predicted octanol–water partition coefficient (Wildman–Crippen LogP) is 3.94. The lowest BCUT2D eigenvalue weighted by molar-refractivity contribution is -0.116. The zero-order valence-corrected chi connectivity index (χ0v) is 20.5. The molecule has 0 fully saturated rings. The van der Waals surface area contributed by atoms with Crippen molar-refractivity contribution in [1.82, 2.24) is 9.55 Å². The molecule has 1 N–H and O–H groups in total. The lowest BCUT2D eigenvalue weighted by Crippen LogP contribution is -2.28. The van der Waals surface area contributed by atoms with Crippen molar-refractivity contribution in [2.75, 3.05) is 11.9 Å². The molecule has 36 heavy (non-hydrogen) atoms. The van der Waals surface area contributed by atoms with Gasteiger partial charge in [-0.2, -0.15) is 0 Å². The maximum Gasteiger partial charge on any atom is 0.349 e. The Hall–Kier alpha value is -4.31. The zero-order valence-electron chi connectivity index (χ0n) is 19.6. The average Bonchev–Trinajstić information content (AvgIpc) is 3.22. The number of carbonyl (C=O) groups is 3. The van der Waals surface area contributed by atoms with Crippen LogP contribution in [0.1, 0.15) is 38.1 Å².